The molecule has 21 heavy (non-hydrogen) atoms. The molecule has 3 rings (SSSR count). The van der Waals surface area contributed by atoms with E-state index in [1.165, 1.54) is 0 Å². The Kier molecular flexibility index (Phi) is 4.22. The molecule has 6 heteroatoms. The topological polar surface area (TPSA) is 78.1 Å². The average Bonchev–Trinajstić information content (AvgIpc) is 3.24. The highest BCUT2D eigenvalue weighted by atomic mass is 16.2. The van der Waals surface area contributed by atoms with E-state index in [9.17, 15) is 9.59 Å². The number of H-pyrrole nitrogens is 1. The Morgan fingerprint density at radius 3 is 2.90 bits per heavy atom. The fraction of sp³-hybridized carbons (Fsp3) is 0.667. The molecule has 1 saturated carbocycles. The van der Waals surface area contributed by atoms with E-state index < -0.39 is 0 Å². The zero-order chi connectivity index (χ0) is 14.7. The summed E-state index contributed by atoms with van der Waals surface area (Å²) in [6, 6.07) is 0. The van der Waals surface area contributed by atoms with Crippen LogP contribution in [0, 0.1) is 11.8 Å². The monoisotopic (exact) mass is 290 g/mol. The predicted octanol–water partition coefficient (Wildman–Crippen LogP) is 0.717. The minimum atomic E-state index is -0.0574. The lowest BCUT2D eigenvalue weighted by molar-refractivity contribution is -0.136. The second kappa shape index (κ2) is 6.28. The maximum atomic E-state index is 12.2. The van der Waals surface area contributed by atoms with Crippen molar-refractivity contribution in [1.29, 1.82) is 0 Å². The van der Waals surface area contributed by atoms with E-state index in [1.54, 1.807) is 12.4 Å². The van der Waals surface area contributed by atoms with Crippen LogP contribution in [0.5, 0.6) is 0 Å². The molecule has 0 aromatic carbocycles. The van der Waals surface area contributed by atoms with Gasteiger partial charge in [0.15, 0.2) is 0 Å². The summed E-state index contributed by atoms with van der Waals surface area (Å²) in [6.45, 7) is 1.98. The maximum absolute atomic E-state index is 12.2. The lowest BCUT2D eigenvalue weighted by atomic mass is 9.96. The largest absolute Gasteiger partial charge is 0.355 e. The fourth-order valence-electron chi connectivity index (χ4n) is 2.86. The van der Waals surface area contributed by atoms with E-state index in [2.05, 4.69) is 15.3 Å². The number of piperidine rings is 1. The van der Waals surface area contributed by atoms with E-state index >= 15 is 0 Å². The molecular formula is C15H22N4O2. The summed E-state index contributed by atoms with van der Waals surface area (Å²) in [6.07, 6.45) is 8.04. The second-order valence-corrected chi connectivity index (χ2v) is 5.97. The first-order chi connectivity index (χ1) is 10.2. The third kappa shape index (κ3) is 3.62. The number of carbonyl (C=O) groups excluding carboxylic acids is 2. The fourth-order valence-corrected chi connectivity index (χ4v) is 2.86. The van der Waals surface area contributed by atoms with Crippen LogP contribution in [0.15, 0.2) is 12.4 Å². The van der Waals surface area contributed by atoms with Gasteiger partial charge in [-0.2, -0.15) is 0 Å². The Morgan fingerprint density at radius 1 is 1.33 bits per heavy atom. The van der Waals surface area contributed by atoms with Crippen LogP contribution in [0.25, 0.3) is 0 Å². The van der Waals surface area contributed by atoms with Gasteiger partial charge < -0.3 is 15.2 Å². The molecule has 1 unspecified atom stereocenters. The van der Waals surface area contributed by atoms with Crippen LogP contribution in [0.1, 0.15) is 31.5 Å². The van der Waals surface area contributed by atoms with Gasteiger partial charge in [0.25, 0.3) is 0 Å². The number of likely N-dealkylation sites (tertiary alicyclic amines) is 1. The highest BCUT2D eigenvalue weighted by Crippen LogP contribution is 2.32. The van der Waals surface area contributed by atoms with Gasteiger partial charge >= 0.3 is 0 Å². The van der Waals surface area contributed by atoms with Crippen molar-refractivity contribution in [3.05, 3.63) is 18.2 Å². The number of aromatic nitrogens is 2. The Morgan fingerprint density at radius 2 is 2.19 bits per heavy atom. The quantitative estimate of drug-likeness (QED) is 0.838. The number of rotatable bonds is 5. The van der Waals surface area contributed by atoms with E-state index in [-0.39, 0.29) is 23.7 Å². The number of hydrogen-bond donors (Lipinski definition) is 2. The minimum absolute atomic E-state index is 0.0574. The van der Waals surface area contributed by atoms with Crippen molar-refractivity contribution in [2.45, 2.75) is 32.1 Å². The number of amides is 2. The number of carbonyl (C=O) groups is 2. The van der Waals surface area contributed by atoms with Gasteiger partial charge in [-0.3, -0.25) is 9.59 Å². The number of hydrogen-bond acceptors (Lipinski definition) is 3. The van der Waals surface area contributed by atoms with Gasteiger partial charge in [0.05, 0.1) is 5.92 Å². The van der Waals surface area contributed by atoms with Gasteiger partial charge in [0.1, 0.15) is 5.82 Å². The SMILES string of the molecule is O=C(NCCc1ncc[nH]1)C1CCCN(C(=O)C2CC2)C1. The van der Waals surface area contributed by atoms with Gasteiger partial charge in [-0.1, -0.05) is 0 Å². The van der Waals surface area contributed by atoms with Crippen LogP contribution >= 0.6 is 0 Å². The average molecular weight is 290 g/mol. The molecule has 0 spiro atoms. The molecule has 1 saturated heterocycles. The number of nitrogens with zero attached hydrogens (tertiary/aromatic N) is 2. The molecule has 1 aromatic heterocycles. The number of aromatic amines is 1. The second-order valence-electron chi connectivity index (χ2n) is 5.97. The van der Waals surface area contributed by atoms with Gasteiger partial charge in [0, 0.05) is 44.4 Å². The first kappa shape index (κ1) is 14.1. The van der Waals surface area contributed by atoms with Crippen molar-refractivity contribution in [2.75, 3.05) is 19.6 Å². The van der Waals surface area contributed by atoms with E-state index in [4.69, 9.17) is 0 Å². The molecule has 2 N–H and O–H groups in total. The Hall–Kier alpha value is -1.85. The lowest BCUT2D eigenvalue weighted by Crippen LogP contribution is -2.46. The van der Waals surface area contributed by atoms with Crippen molar-refractivity contribution in [1.82, 2.24) is 20.2 Å². The normalized spacial score (nSPS) is 22.1. The van der Waals surface area contributed by atoms with Crippen molar-refractivity contribution >= 4 is 11.8 Å². The Balaban J connectivity index is 1.44. The molecule has 1 aromatic rings. The summed E-state index contributed by atoms with van der Waals surface area (Å²) >= 11 is 0. The van der Waals surface area contributed by atoms with Gasteiger partial charge in [0.2, 0.25) is 11.8 Å². The van der Waals surface area contributed by atoms with E-state index in [0.29, 0.717) is 19.5 Å². The third-order valence-corrected chi connectivity index (χ3v) is 4.25. The zero-order valence-electron chi connectivity index (χ0n) is 12.2. The molecule has 2 fully saturated rings. The minimum Gasteiger partial charge on any atom is -0.355 e. The van der Waals surface area contributed by atoms with Crippen LogP contribution in [0.4, 0.5) is 0 Å². The molecule has 6 nitrogen and oxygen atoms in total. The van der Waals surface area contributed by atoms with Crippen LogP contribution in [-0.4, -0.2) is 46.3 Å². The molecule has 2 aliphatic rings. The molecule has 2 heterocycles. The summed E-state index contributed by atoms with van der Waals surface area (Å²) in [5.41, 5.74) is 0. The third-order valence-electron chi connectivity index (χ3n) is 4.25. The highest BCUT2D eigenvalue weighted by molar-refractivity contribution is 5.83. The summed E-state index contributed by atoms with van der Waals surface area (Å²) in [4.78, 5) is 33.3. The van der Waals surface area contributed by atoms with Crippen LogP contribution < -0.4 is 5.32 Å². The highest BCUT2D eigenvalue weighted by Gasteiger charge is 2.36. The molecule has 114 valence electrons. The van der Waals surface area contributed by atoms with Crippen molar-refractivity contribution in [3.8, 4) is 0 Å². The molecule has 1 atom stereocenters. The van der Waals surface area contributed by atoms with Crippen molar-refractivity contribution in [2.24, 2.45) is 11.8 Å². The molecular weight excluding hydrogens is 268 g/mol. The maximum Gasteiger partial charge on any atom is 0.225 e. The van der Waals surface area contributed by atoms with E-state index in [1.807, 2.05) is 4.90 Å². The summed E-state index contributed by atoms with van der Waals surface area (Å²) in [5, 5.41) is 2.96. The summed E-state index contributed by atoms with van der Waals surface area (Å²) < 4.78 is 0. The smallest absolute Gasteiger partial charge is 0.225 e. The van der Waals surface area contributed by atoms with Gasteiger partial charge in [-0.25, -0.2) is 4.98 Å². The van der Waals surface area contributed by atoms with Crippen molar-refractivity contribution in [3.63, 3.8) is 0 Å². The summed E-state index contributed by atoms with van der Waals surface area (Å²) in [7, 11) is 0. The first-order valence-corrected chi connectivity index (χ1v) is 7.79. The number of nitrogens with one attached hydrogen (secondary N) is 2. The van der Waals surface area contributed by atoms with Crippen LogP contribution in [0.3, 0.4) is 0 Å². The molecule has 2 amide bonds. The zero-order valence-corrected chi connectivity index (χ0v) is 12.2. The number of imidazole rings is 1. The predicted molar refractivity (Wildman–Crippen MR) is 77.3 cm³/mol. The van der Waals surface area contributed by atoms with Crippen molar-refractivity contribution < 1.29 is 9.59 Å². The van der Waals surface area contributed by atoms with Crippen LogP contribution in [-0.2, 0) is 16.0 Å². The summed E-state index contributed by atoms with van der Waals surface area (Å²) in [5.74, 6) is 1.38. The Labute approximate surface area is 124 Å². The van der Waals surface area contributed by atoms with E-state index in [0.717, 1.165) is 38.1 Å². The Bertz CT molecular complexity index is 496. The molecule has 1 aliphatic heterocycles. The first-order valence-electron chi connectivity index (χ1n) is 7.79. The molecule has 0 bridgehead atoms. The lowest BCUT2D eigenvalue weighted by Gasteiger charge is -2.32. The standard InChI is InChI=1S/C15H22N4O2/c20-14(18-6-5-13-16-7-8-17-13)12-2-1-9-19(10-12)15(21)11-3-4-11/h7-8,11-12H,1-6,9-10H2,(H,16,17)(H,18,20). The molecule has 0 radical (unpaired) electrons. The molecule has 1 aliphatic carbocycles. The van der Waals surface area contributed by atoms with Gasteiger partial charge in [-0.05, 0) is 25.7 Å². The van der Waals surface area contributed by atoms with Gasteiger partial charge in [-0.15, -0.1) is 0 Å². The van der Waals surface area contributed by atoms with Crippen LogP contribution in [0.2, 0.25) is 0 Å².